The van der Waals surface area contributed by atoms with Gasteiger partial charge in [-0.1, -0.05) is 47.5 Å². The normalized spacial score (nSPS) is 14.4. The maximum Gasteiger partial charge on any atom is 0.573 e. The van der Waals surface area contributed by atoms with E-state index >= 15 is 0 Å². The van der Waals surface area contributed by atoms with E-state index in [-0.39, 0.29) is 40.2 Å². The first kappa shape index (κ1) is 27.9. The highest BCUT2D eigenvalue weighted by molar-refractivity contribution is 7.92. The molecule has 0 unspecified atom stereocenters. The van der Waals surface area contributed by atoms with E-state index in [9.17, 15) is 34.8 Å². The molecule has 0 amide bonds. The number of anilines is 1. The number of rotatable bonds is 5. The maximum atomic E-state index is 13.3. The smallest absolute Gasteiger partial charge is 0.489 e. The largest absolute Gasteiger partial charge is 0.573 e. The van der Waals surface area contributed by atoms with Crippen molar-refractivity contribution in [2.75, 3.05) is 17.5 Å². The fourth-order valence-corrected chi connectivity index (χ4v) is 5.71. The van der Waals surface area contributed by atoms with E-state index in [0.717, 1.165) is 34.6 Å². The summed E-state index contributed by atoms with van der Waals surface area (Å²) >= 11 is 12.1. The van der Waals surface area contributed by atoms with Crippen LogP contribution in [0.25, 0.3) is 12.2 Å². The van der Waals surface area contributed by atoms with Gasteiger partial charge < -0.3 is 9.47 Å². The molecule has 5 nitrogen and oxygen atoms in total. The second-order valence-corrected chi connectivity index (χ2v) is 10.5. The number of sulfonamides is 1. The monoisotopic (exact) mass is 597 g/mol. The first-order chi connectivity index (χ1) is 17.6. The third-order valence-corrected chi connectivity index (χ3v) is 7.72. The minimum atomic E-state index is -4.94. The van der Waals surface area contributed by atoms with E-state index in [4.69, 9.17) is 27.9 Å². The summed E-state index contributed by atoms with van der Waals surface area (Å²) in [6, 6.07) is 9.76. The Morgan fingerprint density at radius 3 is 2.24 bits per heavy atom. The van der Waals surface area contributed by atoms with Crippen LogP contribution in [0.1, 0.15) is 16.7 Å². The molecule has 0 aliphatic carbocycles. The van der Waals surface area contributed by atoms with Crippen molar-refractivity contribution >= 4 is 51.1 Å². The molecule has 38 heavy (non-hydrogen) atoms. The molecule has 14 heteroatoms. The van der Waals surface area contributed by atoms with Crippen LogP contribution in [0, 0.1) is 0 Å². The average molecular weight is 598 g/mol. The van der Waals surface area contributed by atoms with E-state index in [0.29, 0.717) is 11.6 Å². The molecule has 1 heterocycles. The SMILES string of the molecule is O=S(=O)(c1cccc(C(F)(F)F)c1)N1CCOc2ccc(/C=C/c3c(Cl)cc(OC(F)(F)F)cc3Cl)cc21. The van der Waals surface area contributed by atoms with E-state index < -0.39 is 38.8 Å². The number of ether oxygens (including phenoxy) is 2. The number of fused-ring (bicyclic) bond motifs is 1. The Bertz CT molecular complexity index is 1480. The molecule has 0 bridgehead atoms. The van der Waals surface area contributed by atoms with Gasteiger partial charge in [-0.2, -0.15) is 13.2 Å². The average Bonchev–Trinajstić information content (AvgIpc) is 2.81. The first-order valence-electron chi connectivity index (χ1n) is 10.5. The Morgan fingerprint density at radius 1 is 0.921 bits per heavy atom. The summed E-state index contributed by atoms with van der Waals surface area (Å²) in [6.45, 7) is -0.186. The third kappa shape index (κ3) is 6.13. The molecule has 0 saturated carbocycles. The summed E-state index contributed by atoms with van der Waals surface area (Å²) in [7, 11) is -4.39. The Morgan fingerprint density at radius 2 is 1.61 bits per heavy atom. The van der Waals surface area contributed by atoms with Gasteiger partial charge in [0.15, 0.2) is 0 Å². The summed E-state index contributed by atoms with van der Waals surface area (Å²) < 4.78 is 114. The van der Waals surface area contributed by atoms with E-state index in [1.54, 1.807) is 6.07 Å². The van der Waals surface area contributed by atoms with Crippen LogP contribution >= 0.6 is 23.2 Å². The lowest BCUT2D eigenvalue weighted by Crippen LogP contribution is -2.38. The standard InChI is InChI=1S/C24H15Cl2F6NO4S/c25-19-12-16(37-24(30,31)32)13-20(26)18(19)6-4-14-5-7-22-21(10-14)33(8-9-36-22)38(34,35)17-3-1-2-15(11-17)23(27,28)29/h1-7,10-13H,8-9H2/b6-4+. The molecule has 0 radical (unpaired) electrons. The van der Waals surface area contributed by atoms with Crippen LogP contribution in [0.2, 0.25) is 10.0 Å². The number of hydrogen-bond donors (Lipinski definition) is 0. The molecule has 0 fully saturated rings. The Labute approximate surface area is 222 Å². The highest BCUT2D eigenvalue weighted by atomic mass is 35.5. The summed E-state index contributed by atoms with van der Waals surface area (Å²) in [6.07, 6.45) is -6.79. The van der Waals surface area contributed by atoms with Crippen molar-refractivity contribution in [2.45, 2.75) is 17.4 Å². The summed E-state index contributed by atoms with van der Waals surface area (Å²) in [5.41, 5.74) is -0.433. The van der Waals surface area contributed by atoms with Crippen molar-refractivity contribution in [1.82, 2.24) is 0 Å². The lowest BCUT2D eigenvalue weighted by atomic mass is 10.1. The van der Waals surface area contributed by atoms with Crippen molar-refractivity contribution < 1.29 is 44.2 Å². The highest BCUT2D eigenvalue weighted by Gasteiger charge is 2.35. The minimum absolute atomic E-state index is 0.0298. The summed E-state index contributed by atoms with van der Waals surface area (Å²) in [5, 5.41) is -0.272. The van der Waals surface area contributed by atoms with Gasteiger partial charge in [-0.05, 0) is 48.0 Å². The number of benzene rings is 3. The van der Waals surface area contributed by atoms with Gasteiger partial charge >= 0.3 is 12.5 Å². The second-order valence-electron chi connectivity index (χ2n) is 7.86. The van der Waals surface area contributed by atoms with E-state index in [2.05, 4.69) is 4.74 Å². The van der Waals surface area contributed by atoms with Gasteiger partial charge in [-0.3, -0.25) is 4.31 Å². The van der Waals surface area contributed by atoms with Crippen LogP contribution in [0.3, 0.4) is 0 Å². The fraction of sp³-hybridized carbons (Fsp3) is 0.167. The van der Waals surface area contributed by atoms with Crippen molar-refractivity contribution in [2.24, 2.45) is 0 Å². The van der Waals surface area contributed by atoms with Crippen molar-refractivity contribution in [3.05, 3.63) is 81.3 Å². The highest BCUT2D eigenvalue weighted by Crippen LogP contribution is 2.39. The Hall–Kier alpha value is -3.09. The van der Waals surface area contributed by atoms with Gasteiger partial charge in [0, 0.05) is 5.56 Å². The topological polar surface area (TPSA) is 55.8 Å². The zero-order valence-electron chi connectivity index (χ0n) is 18.8. The number of nitrogens with zero attached hydrogens (tertiary/aromatic N) is 1. The summed E-state index contributed by atoms with van der Waals surface area (Å²) in [4.78, 5) is -0.541. The second kappa shape index (κ2) is 10.2. The first-order valence-corrected chi connectivity index (χ1v) is 12.7. The predicted octanol–water partition coefficient (Wildman–Crippen LogP) is 7.67. The van der Waals surface area contributed by atoms with E-state index in [1.165, 1.54) is 24.3 Å². The van der Waals surface area contributed by atoms with Crippen molar-refractivity contribution in [1.29, 1.82) is 0 Å². The zero-order valence-corrected chi connectivity index (χ0v) is 21.1. The molecule has 0 aromatic heterocycles. The molecular formula is C24H15Cl2F6NO4S. The lowest BCUT2D eigenvalue weighted by molar-refractivity contribution is -0.274. The molecule has 1 aliphatic heterocycles. The molecule has 3 aromatic rings. The van der Waals surface area contributed by atoms with Crippen LogP contribution in [0.15, 0.2) is 59.5 Å². The van der Waals surface area contributed by atoms with Crippen molar-refractivity contribution in [3.63, 3.8) is 0 Å². The van der Waals surface area contributed by atoms with Crippen LogP contribution in [-0.4, -0.2) is 27.9 Å². The minimum Gasteiger partial charge on any atom is -0.489 e. The maximum absolute atomic E-state index is 13.3. The van der Waals surface area contributed by atoms with Gasteiger partial charge in [0.05, 0.1) is 32.7 Å². The van der Waals surface area contributed by atoms with Gasteiger partial charge in [0.25, 0.3) is 10.0 Å². The lowest BCUT2D eigenvalue weighted by Gasteiger charge is -2.31. The van der Waals surface area contributed by atoms with Gasteiger partial charge in [-0.25, -0.2) is 8.42 Å². The van der Waals surface area contributed by atoms with Crippen molar-refractivity contribution in [3.8, 4) is 11.5 Å². The third-order valence-electron chi connectivity index (χ3n) is 5.28. The fourth-order valence-electron chi connectivity index (χ4n) is 3.62. The van der Waals surface area contributed by atoms with Crippen LogP contribution < -0.4 is 13.8 Å². The zero-order chi connectivity index (χ0) is 27.9. The molecule has 0 N–H and O–H groups in total. The molecular weight excluding hydrogens is 583 g/mol. The molecule has 0 spiro atoms. The molecule has 1 aliphatic rings. The Kier molecular flexibility index (Phi) is 7.52. The van der Waals surface area contributed by atoms with Crippen LogP contribution in [0.5, 0.6) is 11.5 Å². The molecule has 202 valence electrons. The number of halogens is 8. The van der Waals surface area contributed by atoms with Crippen LogP contribution in [-0.2, 0) is 16.2 Å². The van der Waals surface area contributed by atoms with E-state index in [1.807, 2.05) is 0 Å². The Balaban J connectivity index is 1.67. The quantitative estimate of drug-likeness (QED) is 0.224. The predicted molar refractivity (Wildman–Crippen MR) is 130 cm³/mol. The molecule has 0 atom stereocenters. The number of alkyl halides is 6. The molecule has 0 saturated heterocycles. The van der Waals surface area contributed by atoms with Gasteiger partial charge in [0.2, 0.25) is 0 Å². The molecule has 4 rings (SSSR count). The molecule has 3 aromatic carbocycles. The summed E-state index contributed by atoms with van der Waals surface area (Å²) in [5.74, 6) is -0.417. The number of hydrogen-bond acceptors (Lipinski definition) is 4. The van der Waals surface area contributed by atoms with Gasteiger partial charge in [-0.15, -0.1) is 13.2 Å². The van der Waals surface area contributed by atoms with Crippen LogP contribution in [0.4, 0.5) is 32.0 Å². The van der Waals surface area contributed by atoms with Gasteiger partial charge in [0.1, 0.15) is 18.1 Å².